The zero-order valence-electron chi connectivity index (χ0n) is 12.7. The van der Waals surface area contributed by atoms with E-state index >= 15 is 0 Å². The van der Waals surface area contributed by atoms with E-state index in [0.29, 0.717) is 0 Å². The van der Waals surface area contributed by atoms with Gasteiger partial charge < -0.3 is 21.8 Å². The Morgan fingerprint density at radius 2 is 1.73 bits per heavy atom. The third-order valence-corrected chi connectivity index (χ3v) is 4.10. The number of fused-ring (bicyclic) bond motifs is 1. The van der Waals surface area contributed by atoms with Crippen molar-refractivity contribution in [1.82, 2.24) is 10.3 Å². The van der Waals surface area contributed by atoms with Gasteiger partial charge in [-0.3, -0.25) is 0 Å². The molecule has 1 heterocycles. The molecule has 0 saturated carbocycles. The number of aromatic nitrogens is 1. The summed E-state index contributed by atoms with van der Waals surface area (Å²) in [5, 5.41) is 4.25. The van der Waals surface area contributed by atoms with Crippen molar-refractivity contribution in [3.05, 3.63) is 60.3 Å². The van der Waals surface area contributed by atoms with Gasteiger partial charge in [0.15, 0.2) is 0 Å². The van der Waals surface area contributed by atoms with Crippen LogP contribution >= 0.6 is 11.8 Å². The van der Waals surface area contributed by atoms with Crippen LogP contribution in [0.1, 0.15) is 5.56 Å². The number of hydrogen-bond acceptors (Lipinski definition) is 4. The SMILES string of the molecule is CNCSCc1ccc(N)cc1.Nc1ccc2[nH]ccc2c1. The van der Waals surface area contributed by atoms with Gasteiger partial charge in [0.2, 0.25) is 0 Å². The molecule has 3 aromatic rings. The molecular formula is C17H22N4S. The van der Waals surface area contributed by atoms with Gasteiger partial charge in [-0.15, -0.1) is 11.8 Å². The van der Waals surface area contributed by atoms with Gasteiger partial charge in [0.05, 0.1) is 0 Å². The van der Waals surface area contributed by atoms with Crippen molar-refractivity contribution in [2.24, 2.45) is 0 Å². The predicted molar refractivity (Wildman–Crippen MR) is 98.8 cm³/mol. The van der Waals surface area contributed by atoms with E-state index in [1.807, 2.05) is 61.4 Å². The molecule has 22 heavy (non-hydrogen) atoms. The van der Waals surface area contributed by atoms with Crippen molar-refractivity contribution >= 4 is 34.0 Å². The number of aromatic amines is 1. The first-order valence-corrected chi connectivity index (χ1v) is 8.24. The number of nitrogen functional groups attached to an aromatic ring is 2. The van der Waals surface area contributed by atoms with Gasteiger partial charge in [-0.25, -0.2) is 0 Å². The molecule has 0 bridgehead atoms. The number of benzene rings is 2. The molecule has 0 atom stereocenters. The summed E-state index contributed by atoms with van der Waals surface area (Å²) in [4.78, 5) is 3.09. The van der Waals surface area contributed by atoms with Crippen LogP contribution in [0.4, 0.5) is 11.4 Å². The molecule has 116 valence electrons. The fourth-order valence-corrected chi connectivity index (χ4v) is 2.69. The van der Waals surface area contributed by atoms with Crippen molar-refractivity contribution in [2.75, 3.05) is 24.4 Å². The Labute approximate surface area is 135 Å². The zero-order valence-corrected chi connectivity index (χ0v) is 13.5. The molecule has 0 aliphatic rings. The Balaban J connectivity index is 0.000000162. The van der Waals surface area contributed by atoms with Crippen molar-refractivity contribution in [3.63, 3.8) is 0 Å². The predicted octanol–water partition coefficient (Wildman–Crippen LogP) is 3.43. The third-order valence-electron chi connectivity index (χ3n) is 3.07. The Kier molecular flexibility index (Phi) is 6.18. The van der Waals surface area contributed by atoms with Crippen LogP contribution in [0.25, 0.3) is 10.9 Å². The van der Waals surface area contributed by atoms with Gasteiger partial charge >= 0.3 is 0 Å². The standard InChI is InChI=1S/C9H14N2S.C8H8N2/c1-11-7-12-6-8-2-4-9(10)5-3-8;9-7-1-2-8-6(5-7)3-4-10-8/h2-5,11H,6-7,10H2,1H3;1-5,10H,9H2. The molecular weight excluding hydrogens is 292 g/mol. The summed E-state index contributed by atoms with van der Waals surface area (Å²) in [6, 6.07) is 15.8. The van der Waals surface area contributed by atoms with Crippen LogP contribution < -0.4 is 16.8 Å². The summed E-state index contributed by atoms with van der Waals surface area (Å²) in [6.45, 7) is 0. The molecule has 4 nitrogen and oxygen atoms in total. The van der Waals surface area contributed by atoms with Crippen LogP contribution in [0.15, 0.2) is 54.7 Å². The highest BCUT2D eigenvalue weighted by Gasteiger charge is 1.92. The molecule has 6 N–H and O–H groups in total. The van der Waals surface area contributed by atoms with Crippen molar-refractivity contribution in [2.45, 2.75) is 5.75 Å². The lowest BCUT2D eigenvalue weighted by Gasteiger charge is -2.00. The second-order valence-corrected chi connectivity index (χ2v) is 5.90. The number of rotatable bonds is 4. The fraction of sp³-hybridized carbons (Fsp3) is 0.176. The van der Waals surface area contributed by atoms with Crippen LogP contribution in [0.5, 0.6) is 0 Å². The first-order valence-electron chi connectivity index (χ1n) is 7.08. The fourth-order valence-electron chi connectivity index (χ4n) is 1.96. The smallest absolute Gasteiger partial charge is 0.0455 e. The molecule has 1 aromatic heterocycles. The van der Waals surface area contributed by atoms with E-state index in [-0.39, 0.29) is 0 Å². The van der Waals surface area contributed by atoms with E-state index in [1.54, 1.807) is 0 Å². The van der Waals surface area contributed by atoms with Gasteiger partial charge in [0, 0.05) is 40.1 Å². The minimum absolute atomic E-state index is 0.812. The van der Waals surface area contributed by atoms with E-state index in [1.165, 1.54) is 10.9 Å². The maximum atomic E-state index is 5.57. The molecule has 0 fully saturated rings. The van der Waals surface area contributed by atoms with Gasteiger partial charge in [-0.05, 0) is 49.0 Å². The van der Waals surface area contributed by atoms with Crippen LogP contribution in [-0.2, 0) is 5.75 Å². The van der Waals surface area contributed by atoms with E-state index in [2.05, 4.69) is 22.4 Å². The first kappa shape index (κ1) is 16.3. The topological polar surface area (TPSA) is 79.9 Å². The zero-order chi connectivity index (χ0) is 15.8. The van der Waals surface area contributed by atoms with Crippen molar-refractivity contribution in [3.8, 4) is 0 Å². The van der Waals surface area contributed by atoms with Gasteiger partial charge in [-0.2, -0.15) is 0 Å². The number of thioether (sulfide) groups is 1. The van der Waals surface area contributed by atoms with Gasteiger partial charge in [-0.1, -0.05) is 12.1 Å². The normalized spacial score (nSPS) is 10.2. The average molecular weight is 314 g/mol. The summed E-state index contributed by atoms with van der Waals surface area (Å²) >= 11 is 1.86. The summed E-state index contributed by atoms with van der Waals surface area (Å²) < 4.78 is 0. The Morgan fingerprint density at radius 1 is 1.00 bits per heavy atom. The molecule has 0 aliphatic heterocycles. The lowest BCUT2D eigenvalue weighted by molar-refractivity contribution is 0.981. The third kappa shape index (κ3) is 5.02. The van der Waals surface area contributed by atoms with E-state index in [4.69, 9.17) is 11.5 Å². The average Bonchev–Trinajstić information content (AvgIpc) is 2.97. The van der Waals surface area contributed by atoms with E-state index in [0.717, 1.165) is 28.5 Å². The number of H-pyrrole nitrogens is 1. The minimum atomic E-state index is 0.812. The monoisotopic (exact) mass is 314 g/mol. The highest BCUT2D eigenvalue weighted by molar-refractivity contribution is 7.98. The Morgan fingerprint density at radius 3 is 2.45 bits per heavy atom. The maximum absolute atomic E-state index is 5.57. The van der Waals surface area contributed by atoms with Crippen molar-refractivity contribution < 1.29 is 0 Å². The highest BCUT2D eigenvalue weighted by atomic mass is 32.2. The number of nitrogens with one attached hydrogen (secondary N) is 2. The first-order chi connectivity index (χ1) is 10.7. The summed E-state index contributed by atoms with van der Waals surface area (Å²) in [5.41, 5.74) is 15.2. The number of hydrogen-bond donors (Lipinski definition) is 4. The number of nitrogens with two attached hydrogens (primary N) is 2. The van der Waals surface area contributed by atoms with E-state index < -0.39 is 0 Å². The molecule has 5 heteroatoms. The van der Waals surface area contributed by atoms with Gasteiger partial charge in [0.1, 0.15) is 0 Å². The van der Waals surface area contributed by atoms with Crippen LogP contribution in [0.3, 0.4) is 0 Å². The lowest BCUT2D eigenvalue weighted by Crippen LogP contribution is -2.03. The second kappa shape index (κ2) is 8.36. The largest absolute Gasteiger partial charge is 0.399 e. The van der Waals surface area contributed by atoms with Gasteiger partial charge in [0.25, 0.3) is 0 Å². The molecule has 0 amide bonds. The Hall–Kier alpha value is -2.11. The summed E-state index contributed by atoms with van der Waals surface area (Å²) in [6.07, 6.45) is 1.91. The summed E-state index contributed by atoms with van der Waals surface area (Å²) in [7, 11) is 1.95. The minimum Gasteiger partial charge on any atom is -0.399 e. The summed E-state index contributed by atoms with van der Waals surface area (Å²) in [5.74, 6) is 2.03. The Bertz CT molecular complexity index is 691. The molecule has 0 saturated heterocycles. The van der Waals surface area contributed by atoms with Crippen LogP contribution in [0, 0.1) is 0 Å². The van der Waals surface area contributed by atoms with Crippen LogP contribution in [0.2, 0.25) is 0 Å². The quantitative estimate of drug-likeness (QED) is 0.338. The van der Waals surface area contributed by atoms with Crippen molar-refractivity contribution in [1.29, 1.82) is 0 Å². The maximum Gasteiger partial charge on any atom is 0.0455 e. The molecule has 0 aliphatic carbocycles. The van der Waals surface area contributed by atoms with Crippen LogP contribution in [-0.4, -0.2) is 17.9 Å². The lowest BCUT2D eigenvalue weighted by atomic mass is 10.2. The molecule has 0 radical (unpaired) electrons. The molecule has 0 unspecified atom stereocenters. The highest BCUT2D eigenvalue weighted by Crippen LogP contribution is 2.14. The number of anilines is 2. The second-order valence-electron chi connectivity index (χ2n) is 4.91. The van der Waals surface area contributed by atoms with E-state index in [9.17, 15) is 0 Å². The molecule has 0 spiro atoms. The molecule has 2 aromatic carbocycles. The molecule has 3 rings (SSSR count).